The predicted octanol–water partition coefficient (Wildman–Crippen LogP) is 2.40. The third-order valence-corrected chi connectivity index (χ3v) is 5.90. The van der Waals surface area contributed by atoms with Crippen molar-refractivity contribution in [2.75, 3.05) is 44.8 Å². The molecule has 1 aromatic heterocycles. The summed E-state index contributed by atoms with van der Waals surface area (Å²) in [6.07, 6.45) is 9.07. The average molecular weight is 331 g/mol. The lowest BCUT2D eigenvalue weighted by Crippen LogP contribution is -2.52. The monoisotopic (exact) mass is 331 g/mol. The van der Waals surface area contributed by atoms with E-state index >= 15 is 0 Å². The van der Waals surface area contributed by atoms with E-state index in [0.717, 1.165) is 44.5 Å². The maximum absolute atomic E-state index is 6.20. The highest BCUT2D eigenvalue weighted by atomic mass is 16.5. The van der Waals surface area contributed by atoms with Crippen LogP contribution in [0.5, 0.6) is 0 Å². The molecule has 3 heterocycles. The van der Waals surface area contributed by atoms with Gasteiger partial charge in [0.25, 0.3) is 0 Å². The van der Waals surface area contributed by atoms with Gasteiger partial charge in [-0.25, -0.2) is 0 Å². The molecule has 3 fully saturated rings. The smallest absolute Gasteiger partial charge is 0.0775 e. The van der Waals surface area contributed by atoms with Gasteiger partial charge in [-0.05, 0) is 43.7 Å². The van der Waals surface area contributed by atoms with Gasteiger partial charge in [-0.2, -0.15) is 0 Å². The highest BCUT2D eigenvalue weighted by molar-refractivity contribution is 5.39. The molecule has 1 N–H and O–H groups in total. The van der Waals surface area contributed by atoms with Crippen molar-refractivity contribution < 1.29 is 9.47 Å². The van der Waals surface area contributed by atoms with Gasteiger partial charge in [0.2, 0.25) is 0 Å². The number of rotatable bonds is 5. The number of ether oxygens (including phenoxy) is 2. The van der Waals surface area contributed by atoms with Gasteiger partial charge in [-0.1, -0.05) is 0 Å². The molecule has 1 aliphatic carbocycles. The first-order valence-corrected chi connectivity index (χ1v) is 9.47. The molecule has 0 spiro atoms. The van der Waals surface area contributed by atoms with E-state index in [1.807, 2.05) is 18.5 Å². The summed E-state index contributed by atoms with van der Waals surface area (Å²) >= 11 is 0. The van der Waals surface area contributed by atoms with Crippen molar-refractivity contribution in [3.8, 4) is 0 Å². The lowest BCUT2D eigenvalue weighted by atomic mass is 9.97. The van der Waals surface area contributed by atoms with Crippen LogP contribution in [0.15, 0.2) is 24.5 Å². The summed E-state index contributed by atoms with van der Waals surface area (Å²) in [7, 11) is 0. The lowest BCUT2D eigenvalue weighted by molar-refractivity contribution is -0.0797. The fourth-order valence-corrected chi connectivity index (χ4v) is 4.56. The normalized spacial score (nSPS) is 31.8. The van der Waals surface area contributed by atoms with E-state index < -0.39 is 0 Å². The maximum atomic E-state index is 6.20. The first kappa shape index (κ1) is 16.3. The third-order valence-electron chi connectivity index (χ3n) is 5.90. The minimum absolute atomic E-state index is 0.391. The molecule has 0 radical (unpaired) electrons. The molecule has 1 aromatic rings. The minimum Gasteiger partial charge on any atom is -0.383 e. The molecule has 0 aromatic carbocycles. The van der Waals surface area contributed by atoms with E-state index in [9.17, 15) is 0 Å². The predicted molar refractivity (Wildman–Crippen MR) is 94.1 cm³/mol. The highest BCUT2D eigenvalue weighted by Crippen LogP contribution is 2.35. The lowest BCUT2D eigenvalue weighted by Gasteiger charge is -2.41. The molecule has 0 unspecified atom stereocenters. The van der Waals surface area contributed by atoms with E-state index in [-0.39, 0.29) is 0 Å². The summed E-state index contributed by atoms with van der Waals surface area (Å²) in [4.78, 5) is 6.89. The summed E-state index contributed by atoms with van der Waals surface area (Å²) in [5.74, 6) is 1.41. The zero-order chi connectivity index (χ0) is 16.2. The standard InChI is InChI=1S/C19H29N3O2/c1-2-17(13-20-7-1)21-12-16-3-4-18-19(16)24-11-8-22(18)14-15-5-9-23-10-6-15/h1-2,7,13,15-16,18-19,21H,3-6,8-12,14H2/t16-,18-,19+/m0/s1. The van der Waals surface area contributed by atoms with Crippen LogP contribution in [0.25, 0.3) is 0 Å². The Kier molecular flexibility index (Phi) is 5.30. The Labute approximate surface area is 144 Å². The molecule has 132 valence electrons. The quantitative estimate of drug-likeness (QED) is 0.898. The first-order chi connectivity index (χ1) is 11.9. The van der Waals surface area contributed by atoms with Gasteiger partial charge in [-0.15, -0.1) is 0 Å². The number of nitrogens with zero attached hydrogens (tertiary/aromatic N) is 2. The van der Waals surface area contributed by atoms with Crippen molar-refractivity contribution in [3.63, 3.8) is 0 Å². The van der Waals surface area contributed by atoms with Crippen LogP contribution in [0.3, 0.4) is 0 Å². The van der Waals surface area contributed by atoms with Crippen LogP contribution in [0.1, 0.15) is 25.7 Å². The highest BCUT2D eigenvalue weighted by Gasteiger charge is 2.42. The van der Waals surface area contributed by atoms with Crippen LogP contribution in [0.2, 0.25) is 0 Å². The fraction of sp³-hybridized carbons (Fsp3) is 0.737. The summed E-state index contributed by atoms with van der Waals surface area (Å²) in [5.41, 5.74) is 1.11. The van der Waals surface area contributed by atoms with Crippen molar-refractivity contribution >= 4 is 5.69 Å². The van der Waals surface area contributed by atoms with E-state index in [1.54, 1.807) is 0 Å². The summed E-state index contributed by atoms with van der Waals surface area (Å²) in [6, 6.07) is 4.67. The summed E-state index contributed by atoms with van der Waals surface area (Å²) in [6.45, 7) is 6.09. The Bertz CT molecular complexity index is 507. The number of fused-ring (bicyclic) bond motifs is 1. The SMILES string of the molecule is c1cncc(NC[C@@H]2CC[C@H]3[C@@H]2OCCN3CC2CCOCC2)c1. The van der Waals surface area contributed by atoms with Crippen molar-refractivity contribution in [1.29, 1.82) is 0 Å². The zero-order valence-corrected chi connectivity index (χ0v) is 14.4. The van der Waals surface area contributed by atoms with Crippen molar-refractivity contribution in [1.82, 2.24) is 9.88 Å². The van der Waals surface area contributed by atoms with Gasteiger partial charge in [0, 0.05) is 57.2 Å². The van der Waals surface area contributed by atoms with E-state index in [4.69, 9.17) is 9.47 Å². The van der Waals surface area contributed by atoms with Crippen molar-refractivity contribution in [3.05, 3.63) is 24.5 Å². The van der Waals surface area contributed by atoms with E-state index in [1.165, 1.54) is 32.2 Å². The number of nitrogens with one attached hydrogen (secondary N) is 1. The number of pyridine rings is 1. The molecule has 3 aliphatic rings. The summed E-state index contributed by atoms with van der Waals surface area (Å²) < 4.78 is 11.7. The van der Waals surface area contributed by atoms with Gasteiger partial charge >= 0.3 is 0 Å². The number of anilines is 1. The molecule has 2 aliphatic heterocycles. The molecular weight excluding hydrogens is 302 g/mol. The molecule has 24 heavy (non-hydrogen) atoms. The molecule has 5 heteroatoms. The molecule has 4 rings (SSSR count). The number of hydrogen-bond acceptors (Lipinski definition) is 5. The minimum atomic E-state index is 0.391. The molecule has 5 nitrogen and oxygen atoms in total. The van der Waals surface area contributed by atoms with E-state index in [0.29, 0.717) is 18.1 Å². The molecule has 0 amide bonds. The average Bonchev–Trinajstić information content (AvgIpc) is 3.06. The summed E-state index contributed by atoms with van der Waals surface area (Å²) in [5, 5.41) is 3.54. The number of aromatic nitrogens is 1. The molecule has 0 bridgehead atoms. The van der Waals surface area contributed by atoms with Gasteiger partial charge < -0.3 is 14.8 Å². The van der Waals surface area contributed by atoms with Crippen LogP contribution < -0.4 is 5.32 Å². The fourth-order valence-electron chi connectivity index (χ4n) is 4.56. The number of hydrogen-bond donors (Lipinski definition) is 1. The second-order valence-electron chi connectivity index (χ2n) is 7.41. The maximum Gasteiger partial charge on any atom is 0.0775 e. The molecule has 3 atom stereocenters. The van der Waals surface area contributed by atoms with E-state index in [2.05, 4.69) is 21.3 Å². The number of morpholine rings is 1. The largest absolute Gasteiger partial charge is 0.383 e. The Morgan fingerprint density at radius 1 is 1.17 bits per heavy atom. The Morgan fingerprint density at radius 2 is 2.08 bits per heavy atom. The van der Waals surface area contributed by atoms with Crippen LogP contribution in [-0.4, -0.2) is 61.5 Å². The zero-order valence-electron chi connectivity index (χ0n) is 14.4. The first-order valence-electron chi connectivity index (χ1n) is 9.47. The molecular formula is C19H29N3O2. The Hall–Kier alpha value is -1.17. The third kappa shape index (κ3) is 3.73. The van der Waals surface area contributed by atoms with Gasteiger partial charge in [0.1, 0.15) is 0 Å². The van der Waals surface area contributed by atoms with Gasteiger partial charge in [0.15, 0.2) is 0 Å². The second-order valence-corrected chi connectivity index (χ2v) is 7.41. The van der Waals surface area contributed by atoms with Gasteiger partial charge in [-0.3, -0.25) is 9.88 Å². The Morgan fingerprint density at radius 3 is 2.92 bits per heavy atom. The van der Waals surface area contributed by atoms with Crippen molar-refractivity contribution in [2.45, 2.75) is 37.8 Å². The van der Waals surface area contributed by atoms with Crippen LogP contribution in [-0.2, 0) is 9.47 Å². The topological polar surface area (TPSA) is 46.6 Å². The van der Waals surface area contributed by atoms with Crippen LogP contribution in [0.4, 0.5) is 5.69 Å². The molecule has 1 saturated carbocycles. The van der Waals surface area contributed by atoms with Crippen molar-refractivity contribution in [2.24, 2.45) is 11.8 Å². The Balaban J connectivity index is 1.32. The molecule has 2 saturated heterocycles. The van der Waals surface area contributed by atoms with Gasteiger partial charge in [0.05, 0.1) is 18.4 Å². The van der Waals surface area contributed by atoms with Crippen LogP contribution in [0, 0.1) is 11.8 Å². The van der Waals surface area contributed by atoms with Crippen LogP contribution >= 0.6 is 0 Å². The second kappa shape index (κ2) is 7.81.